The lowest BCUT2D eigenvalue weighted by Crippen LogP contribution is -2.40. The maximum Gasteiger partial charge on any atom is 0.253 e. The van der Waals surface area contributed by atoms with E-state index in [1.807, 2.05) is 51.1 Å². The maximum atomic E-state index is 12.3. The van der Waals surface area contributed by atoms with Crippen molar-refractivity contribution in [3.63, 3.8) is 0 Å². The first kappa shape index (κ1) is 17.7. The van der Waals surface area contributed by atoms with E-state index in [9.17, 15) is 9.59 Å². The molecule has 2 aromatic rings. The van der Waals surface area contributed by atoms with Gasteiger partial charge in [0.15, 0.2) is 0 Å². The van der Waals surface area contributed by atoms with Crippen LogP contribution >= 0.6 is 0 Å². The fourth-order valence-electron chi connectivity index (χ4n) is 2.32. The first-order valence-electron chi connectivity index (χ1n) is 7.92. The van der Waals surface area contributed by atoms with Gasteiger partial charge in [-0.15, -0.1) is 0 Å². The standard InChI is InChI=1S/C20H24N2O2/c1-20(2,3)21-18(23)17-8-6-7-16(13-17)14-9-11-15(12-10-14)19(24)22(4)5/h6-13H,1-5H3,(H,21,23). The second kappa shape index (κ2) is 6.87. The van der Waals surface area contributed by atoms with Gasteiger partial charge < -0.3 is 10.2 Å². The highest BCUT2D eigenvalue weighted by molar-refractivity contribution is 5.96. The van der Waals surface area contributed by atoms with E-state index in [1.165, 1.54) is 0 Å². The SMILES string of the molecule is CN(C)C(=O)c1ccc(-c2cccc(C(=O)NC(C)(C)C)c2)cc1. The van der Waals surface area contributed by atoms with Crippen molar-refractivity contribution in [1.29, 1.82) is 0 Å². The van der Waals surface area contributed by atoms with Crippen molar-refractivity contribution in [1.82, 2.24) is 10.2 Å². The summed E-state index contributed by atoms with van der Waals surface area (Å²) in [5.41, 5.74) is 2.90. The summed E-state index contributed by atoms with van der Waals surface area (Å²) >= 11 is 0. The summed E-state index contributed by atoms with van der Waals surface area (Å²) in [5.74, 6) is -0.122. The van der Waals surface area contributed by atoms with Gasteiger partial charge in [0, 0.05) is 30.8 Å². The molecule has 0 atom stereocenters. The number of amides is 2. The minimum Gasteiger partial charge on any atom is -0.347 e. The van der Waals surface area contributed by atoms with Crippen LogP contribution in [0.4, 0.5) is 0 Å². The first-order valence-corrected chi connectivity index (χ1v) is 7.92. The molecule has 4 nitrogen and oxygen atoms in total. The van der Waals surface area contributed by atoms with E-state index in [-0.39, 0.29) is 17.4 Å². The highest BCUT2D eigenvalue weighted by atomic mass is 16.2. The van der Waals surface area contributed by atoms with Gasteiger partial charge >= 0.3 is 0 Å². The van der Waals surface area contributed by atoms with Crippen LogP contribution in [-0.2, 0) is 0 Å². The average Bonchev–Trinajstić information content (AvgIpc) is 2.53. The monoisotopic (exact) mass is 324 g/mol. The minimum absolute atomic E-state index is 0.0279. The molecule has 0 radical (unpaired) electrons. The Balaban J connectivity index is 2.25. The molecule has 0 saturated carbocycles. The number of hydrogen-bond acceptors (Lipinski definition) is 2. The van der Waals surface area contributed by atoms with Crippen molar-refractivity contribution in [2.45, 2.75) is 26.3 Å². The number of benzene rings is 2. The van der Waals surface area contributed by atoms with Gasteiger partial charge in [0.05, 0.1) is 0 Å². The lowest BCUT2D eigenvalue weighted by Gasteiger charge is -2.20. The predicted octanol–water partition coefficient (Wildman–Crippen LogP) is 3.58. The van der Waals surface area contributed by atoms with Gasteiger partial charge in [0.25, 0.3) is 11.8 Å². The molecule has 1 N–H and O–H groups in total. The topological polar surface area (TPSA) is 49.4 Å². The van der Waals surface area contributed by atoms with Gasteiger partial charge in [-0.1, -0.05) is 24.3 Å². The summed E-state index contributed by atoms with van der Waals surface area (Å²) in [6, 6.07) is 14.9. The zero-order valence-corrected chi connectivity index (χ0v) is 14.9. The number of carbonyl (C=O) groups is 2. The number of nitrogens with zero attached hydrogens (tertiary/aromatic N) is 1. The van der Waals surface area contributed by atoms with Crippen LogP contribution in [0.1, 0.15) is 41.5 Å². The molecule has 0 aliphatic rings. The van der Waals surface area contributed by atoms with Gasteiger partial charge in [-0.25, -0.2) is 0 Å². The van der Waals surface area contributed by atoms with Gasteiger partial charge in [0.1, 0.15) is 0 Å². The van der Waals surface area contributed by atoms with Crippen LogP contribution in [0.15, 0.2) is 48.5 Å². The largest absolute Gasteiger partial charge is 0.347 e. The Kier molecular flexibility index (Phi) is 5.07. The molecular weight excluding hydrogens is 300 g/mol. The zero-order valence-electron chi connectivity index (χ0n) is 14.9. The van der Waals surface area contributed by atoms with Crippen LogP contribution in [0, 0.1) is 0 Å². The fourth-order valence-corrected chi connectivity index (χ4v) is 2.32. The summed E-state index contributed by atoms with van der Waals surface area (Å²) in [5, 5.41) is 2.96. The smallest absolute Gasteiger partial charge is 0.253 e. The maximum absolute atomic E-state index is 12.3. The third kappa shape index (κ3) is 4.44. The Morgan fingerprint density at radius 2 is 1.50 bits per heavy atom. The molecule has 2 rings (SSSR count). The molecule has 0 saturated heterocycles. The van der Waals surface area contributed by atoms with E-state index in [4.69, 9.17) is 0 Å². The van der Waals surface area contributed by atoms with Crippen LogP contribution in [-0.4, -0.2) is 36.3 Å². The van der Waals surface area contributed by atoms with Crippen molar-refractivity contribution in [2.24, 2.45) is 0 Å². The van der Waals surface area contributed by atoms with Crippen molar-refractivity contribution < 1.29 is 9.59 Å². The summed E-state index contributed by atoms with van der Waals surface area (Å²) in [7, 11) is 3.46. The molecule has 4 heteroatoms. The van der Waals surface area contributed by atoms with E-state index in [0.717, 1.165) is 11.1 Å². The molecule has 0 aromatic heterocycles. The molecule has 0 aliphatic carbocycles. The lowest BCUT2D eigenvalue weighted by atomic mass is 10.0. The van der Waals surface area contributed by atoms with E-state index < -0.39 is 0 Å². The Labute approximate surface area is 143 Å². The summed E-state index contributed by atoms with van der Waals surface area (Å²) < 4.78 is 0. The van der Waals surface area contributed by atoms with Crippen LogP contribution in [0.25, 0.3) is 11.1 Å². The second-order valence-corrected chi connectivity index (χ2v) is 7.06. The van der Waals surface area contributed by atoms with Crippen molar-refractivity contribution in [3.8, 4) is 11.1 Å². The molecule has 0 heterocycles. The van der Waals surface area contributed by atoms with E-state index in [0.29, 0.717) is 11.1 Å². The van der Waals surface area contributed by atoms with Gasteiger partial charge in [-0.2, -0.15) is 0 Å². The third-order valence-corrected chi connectivity index (χ3v) is 3.48. The minimum atomic E-state index is -0.277. The number of rotatable bonds is 3. The fraction of sp³-hybridized carbons (Fsp3) is 0.300. The lowest BCUT2D eigenvalue weighted by molar-refractivity contribution is 0.0827. The van der Waals surface area contributed by atoms with E-state index >= 15 is 0 Å². The molecule has 126 valence electrons. The number of carbonyl (C=O) groups excluding carboxylic acids is 2. The molecule has 0 bridgehead atoms. The molecule has 0 aliphatic heterocycles. The van der Waals surface area contributed by atoms with Gasteiger partial charge in [0.2, 0.25) is 0 Å². The Morgan fingerprint density at radius 3 is 2.04 bits per heavy atom. The number of hydrogen-bond donors (Lipinski definition) is 1. The highest BCUT2D eigenvalue weighted by Crippen LogP contribution is 2.21. The normalized spacial score (nSPS) is 11.0. The molecule has 24 heavy (non-hydrogen) atoms. The van der Waals surface area contributed by atoms with E-state index in [1.54, 1.807) is 37.2 Å². The molecular formula is C20H24N2O2. The zero-order chi connectivity index (χ0) is 17.9. The first-order chi connectivity index (χ1) is 11.2. The summed E-state index contributed by atoms with van der Waals surface area (Å²) in [6.45, 7) is 5.86. The van der Waals surface area contributed by atoms with Gasteiger partial charge in [-0.3, -0.25) is 9.59 Å². The van der Waals surface area contributed by atoms with Crippen molar-refractivity contribution in [3.05, 3.63) is 59.7 Å². The molecule has 2 amide bonds. The van der Waals surface area contributed by atoms with Crippen molar-refractivity contribution in [2.75, 3.05) is 14.1 Å². The molecule has 0 fully saturated rings. The molecule has 2 aromatic carbocycles. The molecule has 0 spiro atoms. The quantitative estimate of drug-likeness (QED) is 0.938. The van der Waals surface area contributed by atoms with Crippen LogP contribution in [0.5, 0.6) is 0 Å². The third-order valence-electron chi connectivity index (χ3n) is 3.48. The summed E-state index contributed by atoms with van der Waals surface area (Å²) in [6.07, 6.45) is 0. The van der Waals surface area contributed by atoms with Crippen LogP contribution < -0.4 is 5.32 Å². The Bertz CT molecular complexity index is 741. The van der Waals surface area contributed by atoms with Crippen molar-refractivity contribution >= 4 is 11.8 Å². The highest BCUT2D eigenvalue weighted by Gasteiger charge is 2.15. The van der Waals surface area contributed by atoms with E-state index in [2.05, 4.69) is 5.32 Å². The Morgan fingerprint density at radius 1 is 0.875 bits per heavy atom. The second-order valence-electron chi connectivity index (χ2n) is 7.06. The Hall–Kier alpha value is -2.62. The van der Waals surface area contributed by atoms with Crippen LogP contribution in [0.2, 0.25) is 0 Å². The van der Waals surface area contributed by atoms with Crippen LogP contribution in [0.3, 0.4) is 0 Å². The molecule has 0 unspecified atom stereocenters. The van der Waals surface area contributed by atoms with Gasteiger partial charge in [-0.05, 0) is 56.2 Å². The average molecular weight is 324 g/mol. The summed E-state index contributed by atoms with van der Waals surface area (Å²) in [4.78, 5) is 25.8. The predicted molar refractivity (Wildman–Crippen MR) is 97.1 cm³/mol. The number of nitrogens with one attached hydrogen (secondary N) is 1.